The number of aromatic nitrogens is 1. The third-order valence-electron chi connectivity index (χ3n) is 2.58. The first-order valence-corrected chi connectivity index (χ1v) is 7.19. The van der Waals surface area contributed by atoms with Crippen LogP contribution in [-0.2, 0) is 6.54 Å². The number of amides is 1. The number of nitrogens with one attached hydrogen (secondary N) is 1. The summed E-state index contributed by atoms with van der Waals surface area (Å²) in [5, 5.41) is 5.79. The lowest BCUT2D eigenvalue weighted by atomic mass is 10.1. The number of nitrogens with zero attached hydrogens (tertiary/aromatic N) is 1. The van der Waals surface area contributed by atoms with Crippen LogP contribution in [0.4, 0.5) is 0 Å². The molecule has 1 aromatic carbocycles. The van der Waals surface area contributed by atoms with Gasteiger partial charge in [-0.05, 0) is 31.5 Å². The zero-order chi connectivity index (χ0) is 13.1. The zero-order valence-electron chi connectivity index (χ0n) is 10.2. The van der Waals surface area contributed by atoms with Gasteiger partial charge in [0, 0.05) is 21.1 Å². The molecule has 1 heterocycles. The number of hydrogen-bond acceptors (Lipinski definition) is 3. The van der Waals surface area contributed by atoms with E-state index in [1.165, 1.54) is 0 Å². The molecule has 0 radical (unpaired) electrons. The molecular weight excluding hydrogens is 312 g/mol. The van der Waals surface area contributed by atoms with Crippen molar-refractivity contribution in [2.45, 2.75) is 20.4 Å². The highest BCUT2D eigenvalue weighted by atomic mass is 79.9. The Labute approximate surface area is 118 Å². The Morgan fingerprint density at radius 2 is 2.22 bits per heavy atom. The number of benzene rings is 1. The highest BCUT2D eigenvalue weighted by Crippen LogP contribution is 2.19. The lowest BCUT2D eigenvalue weighted by molar-refractivity contribution is 0.0950. The maximum atomic E-state index is 12.0. The van der Waals surface area contributed by atoms with Gasteiger partial charge in [-0.25, -0.2) is 4.98 Å². The number of halogens is 1. The molecule has 0 fully saturated rings. The fraction of sp³-hybridized carbons (Fsp3) is 0.231. The third-order valence-corrected chi connectivity index (χ3v) is 4.40. The number of carbonyl (C=O) groups excluding carboxylic acids is 1. The fourth-order valence-electron chi connectivity index (χ4n) is 1.59. The Hall–Kier alpha value is -1.20. The molecule has 0 aliphatic carbocycles. The van der Waals surface area contributed by atoms with E-state index >= 15 is 0 Å². The Morgan fingerprint density at radius 1 is 1.44 bits per heavy atom. The number of aryl methyl sites for hydroxylation is 1. The second kappa shape index (κ2) is 5.63. The predicted octanol–water partition coefficient (Wildman–Crippen LogP) is 3.45. The predicted molar refractivity (Wildman–Crippen MR) is 76.9 cm³/mol. The van der Waals surface area contributed by atoms with Crippen LogP contribution in [0.25, 0.3) is 0 Å². The summed E-state index contributed by atoms with van der Waals surface area (Å²) >= 11 is 4.98. The minimum Gasteiger partial charge on any atom is -0.346 e. The van der Waals surface area contributed by atoms with E-state index in [0.717, 1.165) is 20.7 Å². The van der Waals surface area contributed by atoms with Gasteiger partial charge in [-0.15, -0.1) is 11.3 Å². The highest BCUT2D eigenvalue weighted by molar-refractivity contribution is 9.10. The summed E-state index contributed by atoms with van der Waals surface area (Å²) in [5.74, 6) is -0.0679. The van der Waals surface area contributed by atoms with E-state index in [-0.39, 0.29) is 5.91 Å². The van der Waals surface area contributed by atoms with E-state index < -0.39 is 0 Å². The summed E-state index contributed by atoms with van der Waals surface area (Å²) in [6.07, 6.45) is 0. The number of rotatable bonds is 3. The van der Waals surface area contributed by atoms with Gasteiger partial charge >= 0.3 is 0 Å². The van der Waals surface area contributed by atoms with Crippen LogP contribution in [0.2, 0.25) is 0 Å². The van der Waals surface area contributed by atoms with Gasteiger partial charge in [-0.2, -0.15) is 0 Å². The van der Waals surface area contributed by atoms with Gasteiger partial charge in [0.15, 0.2) is 0 Å². The summed E-state index contributed by atoms with van der Waals surface area (Å²) in [7, 11) is 0. The van der Waals surface area contributed by atoms with Gasteiger partial charge < -0.3 is 5.32 Å². The highest BCUT2D eigenvalue weighted by Gasteiger charge is 2.10. The van der Waals surface area contributed by atoms with Crippen LogP contribution in [0.3, 0.4) is 0 Å². The molecule has 5 heteroatoms. The molecule has 1 aromatic heterocycles. The van der Waals surface area contributed by atoms with Crippen LogP contribution in [0, 0.1) is 13.8 Å². The second-order valence-corrected chi connectivity index (χ2v) is 5.77. The maximum absolute atomic E-state index is 12.0. The Morgan fingerprint density at radius 3 is 2.89 bits per heavy atom. The third kappa shape index (κ3) is 2.97. The summed E-state index contributed by atoms with van der Waals surface area (Å²) in [6.45, 7) is 4.34. The summed E-state index contributed by atoms with van der Waals surface area (Å²) in [5.41, 5.74) is 2.63. The summed E-state index contributed by atoms with van der Waals surface area (Å²) in [6, 6.07) is 5.61. The summed E-state index contributed by atoms with van der Waals surface area (Å²) in [4.78, 5) is 16.4. The fourth-order valence-corrected chi connectivity index (χ4v) is 2.67. The normalized spacial score (nSPS) is 10.4. The van der Waals surface area contributed by atoms with Crippen molar-refractivity contribution in [2.24, 2.45) is 0 Å². The Bertz CT molecular complexity index is 580. The SMILES string of the molecule is Cc1csc(CNC(=O)c2cccc(Br)c2C)n1. The maximum Gasteiger partial charge on any atom is 0.251 e. The molecule has 18 heavy (non-hydrogen) atoms. The van der Waals surface area contributed by atoms with Gasteiger partial charge in [0.25, 0.3) is 5.91 Å². The van der Waals surface area contributed by atoms with E-state index in [1.807, 2.05) is 37.4 Å². The number of hydrogen-bond donors (Lipinski definition) is 1. The molecule has 0 unspecified atom stereocenters. The van der Waals surface area contributed by atoms with Crippen molar-refractivity contribution < 1.29 is 4.79 Å². The first kappa shape index (κ1) is 13.2. The molecule has 94 valence electrons. The molecule has 3 nitrogen and oxygen atoms in total. The quantitative estimate of drug-likeness (QED) is 0.939. The molecule has 2 aromatic rings. The van der Waals surface area contributed by atoms with Gasteiger partial charge in [-0.3, -0.25) is 4.79 Å². The standard InChI is InChI=1S/C13H13BrN2OS/c1-8-7-18-12(16-8)6-15-13(17)10-4-3-5-11(14)9(10)2/h3-5,7H,6H2,1-2H3,(H,15,17). The largest absolute Gasteiger partial charge is 0.346 e. The van der Waals surface area contributed by atoms with Crippen LogP contribution in [0.1, 0.15) is 26.6 Å². The van der Waals surface area contributed by atoms with Crippen molar-refractivity contribution >= 4 is 33.2 Å². The molecule has 0 saturated carbocycles. The van der Waals surface area contributed by atoms with Crippen LogP contribution in [-0.4, -0.2) is 10.9 Å². The van der Waals surface area contributed by atoms with Gasteiger partial charge in [0.2, 0.25) is 0 Å². The van der Waals surface area contributed by atoms with Crippen molar-refractivity contribution in [3.8, 4) is 0 Å². The van der Waals surface area contributed by atoms with Gasteiger partial charge in [-0.1, -0.05) is 22.0 Å². The average molecular weight is 325 g/mol. The molecule has 0 bridgehead atoms. The van der Waals surface area contributed by atoms with Crippen LogP contribution in [0.15, 0.2) is 28.1 Å². The Balaban J connectivity index is 2.06. The molecule has 0 aliphatic rings. The van der Waals surface area contributed by atoms with Crippen LogP contribution < -0.4 is 5.32 Å². The molecule has 1 amide bonds. The summed E-state index contributed by atoms with van der Waals surface area (Å²) < 4.78 is 0.945. The molecular formula is C13H13BrN2OS. The van der Waals surface area contributed by atoms with E-state index in [2.05, 4.69) is 26.2 Å². The number of thiazole rings is 1. The smallest absolute Gasteiger partial charge is 0.251 e. The molecule has 0 aliphatic heterocycles. The van der Waals surface area contributed by atoms with Gasteiger partial charge in [0.05, 0.1) is 6.54 Å². The topological polar surface area (TPSA) is 42.0 Å². The van der Waals surface area contributed by atoms with Crippen molar-refractivity contribution in [2.75, 3.05) is 0 Å². The molecule has 0 saturated heterocycles. The van der Waals surface area contributed by atoms with E-state index in [1.54, 1.807) is 11.3 Å². The molecule has 2 rings (SSSR count). The lowest BCUT2D eigenvalue weighted by Gasteiger charge is -2.07. The van der Waals surface area contributed by atoms with Crippen LogP contribution >= 0.6 is 27.3 Å². The first-order chi connectivity index (χ1) is 8.58. The van der Waals surface area contributed by atoms with E-state index in [9.17, 15) is 4.79 Å². The lowest BCUT2D eigenvalue weighted by Crippen LogP contribution is -2.23. The van der Waals surface area contributed by atoms with Gasteiger partial charge in [0.1, 0.15) is 5.01 Å². The molecule has 0 spiro atoms. The first-order valence-electron chi connectivity index (χ1n) is 5.52. The Kier molecular flexibility index (Phi) is 4.14. The van der Waals surface area contributed by atoms with Crippen molar-refractivity contribution in [1.82, 2.24) is 10.3 Å². The van der Waals surface area contributed by atoms with Crippen molar-refractivity contribution in [3.63, 3.8) is 0 Å². The minimum atomic E-state index is -0.0679. The van der Waals surface area contributed by atoms with Crippen molar-refractivity contribution in [3.05, 3.63) is 49.9 Å². The molecule has 1 N–H and O–H groups in total. The molecule has 0 atom stereocenters. The van der Waals surface area contributed by atoms with Crippen molar-refractivity contribution in [1.29, 1.82) is 0 Å². The minimum absolute atomic E-state index is 0.0679. The monoisotopic (exact) mass is 324 g/mol. The van der Waals surface area contributed by atoms with E-state index in [0.29, 0.717) is 12.1 Å². The van der Waals surface area contributed by atoms with E-state index in [4.69, 9.17) is 0 Å². The second-order valence-electron chi connectivity index (χ2n) is 3.98. The average Bonchev–Trinajstić information content (AvgIpc) is 2.76. The number of carbonyl (C=O) groups is 1. The van der Waals surface area contributed by atoms with Crippen LogP contribution in [0.5, 0.6) is 0 Å². The zero-order valence-corrected chi connectivity index (χ0v) is 12.6.